The Labute approximate surface area is 387 Å². The highest BCUT2D eigenvalue weighted by Gasteiger charge is 2.18. The Bertz CT molecular complexity index is 924. The molecule has 0 saturated heterocycles. The van der Waals surface area contributed by atoms with Gasteiger partial charge in [0.15, 0.2) is 0 Å². The van der Waals surface area contributed by atoms with E-state index in [0.29, 0.717) is 19.4 Å². The first-order chi connectivity index (χ1) is 30.5. The van der Waals surface area contributed by atoms with E-state index in [4.69, 9.17) is 4.74 Å². The molecule has 0 rings (SSSR count). The van der Waals surface area contributed by atoms with Crippen LogP contribution in [0.3, 0.4) is 0 Å². The molecule has 0 aromatic heterocycles. The highest BCUT2D eigenvalue weighted by atomic mass is 16.5. The third-order valence-electron chi connectivity index (χ3n) is 13.1. The van der Waals surface area contributed by atoms with Gasteiger partial charge in [0.05, 0.1) is 25.4 Å². The zero-order valence-corrected chi connectivity index (χ0v) is 41.9. The molecule has 0 heterocycles. The van der Waals surface area contributed by atoms with Crippen LogP contribution in [0.15, 0.2) is 12.2 Å². The summed E-state index contributed by atoms with van der Waals surface area (Å²) in [6.45, 7) is 4.90. The lowest BCUT2D eigenvalue weighted by molar-refractivity contribution is -0.143. The lowest BCUT2D eigenvalue weighted by Crippen LogP contribution is -2.45. The molecule has 0 aliphatic rings. The molecule has 0 fully saturated rings. The highest BCUT2D eigenvalue weighted by Crippen LogP contribution is 2.17. The number of allylic oxidation sites excluding steroid dienone is 1. The van der Waals surface area contributed by atoms with Crippen molar-refractivity contribution in [3.05, 3.63) is 12.2 Å². The molecule has 368 valence electrons. The number of carbonyl (C=O) groups is 2. The van der Waals surface area contributed by atoms with E-state index in [2.05, 4.69) is 19.2 Å². The minimum absolute atomic E-state index is 0.00223. The van der Waals surface area contributed by atoms with Crippen molar-refractivity contribution >= 4 is 11.9 Å². The average Bonchev–Trinajstić information content (AvgIpc) is 3.27. The largest absolute Gasteiger partial charge is 0.466 e. The van der Waals surface area contributed by atoms with Gasteiger partial charge in [-0.15, -0.1) is 0 Å². The van der Waals surface area contributed by atoms with Crippen LogP contribution in [0, 0.1) is 0 Å². The molecule has 0 saturated carbocycles. The molecule has 0 spiro atoms. The lowest BCUT2D eigenvalue weighted by Gasteiger charge is -2.20. The monoisotopic (exact) mass is 876 g/mol. The van der Waals surface area contributed by atoms with Crippen LogP contribution in [-0.4, -0.2) is 47.4 Å². The molecule has 6 nitrogen and oxygen atoms in total. The number of carbonyl (C=O) groups excluding carboxylic acids is 2. The van der Waals surface area contributed by atoms with Crippen LogP contribution in [0.4, 0.5) is 0 Å². The molecule has 0 aromatic carbocycles. The normalized spacial score (nSPS) is 12.6. The van der Waals surface area contributed by atoms with Crippen LogP contribution in [0.1, 0.15) is 309 Å². The Balaban J connectivity index is 3.45. The molecule has 2 unspecified atom stereocenters. The van der Waals surface area contributed by atoms with Gasteiger partial charge < -0.3 is 20.3 Å². The Hall–Kier alpha value is -1.40. The van der Waals surface area contributed by atoms with Gasteiger partial charge in [-0.2, -0.15) is 0 Å². The van der Waals surface area contributed by atoms with E-state index in [1.807, 2.05) is 6.08 Å². The number of aliphatic hydroxyl groups is 2. The van der Waals surface area contributed by atoms with Gasteiger partial charge in [0.1, 0.15) is 0 Å². The van der Waals surface area contributed by atoms with Gasteiger partial charge in [-0.3, -0.25) is 9.59 Å². The molecule has 0 aliphatic heterocycles. The molecule has 1 amide bonds. The first-order valence-corrected chi connectivity index (χ1v) is 28.0. The molecule has 0 aromatic rings. The number of amides is 1. The van der Waals surface area contributed by atoms with Crippen LogP contribution in [0.5, 0.6) is 0 Å². The smallest absolute Gasteiger partial charge is 0.305 e. The predicted octanol–water partition coefficient (Wildman–Crippen LogP) is 16.9. The number of rotatable bonds is 52. The molecule has 3 N–H and O–H groups in total. The Morgan fingerprint density at radius 3 is 1.10 bits per heavy atom. The summed E-state index contributed by atoms with van der Waals surface area (Å²) >= 11 is 0. The van der Waals surface area contributed by atoms with Crippen molar-refractivity contribution in [2.75, 3.05) is 13.2 Å². The van der Waals surface area contributed by atoms with Crippen LogP contribution in [0.2, 0.25) is 0 Å². The van der Waals surface area contributed by atoms with Gasteiger partial charge in [-0.05, 0) is 32.1 Å². The van der Waals surface area contributed by atoms with E-state index in [0.717, 1.165) is 44.9 Å². The number of unbranched alkanes of at least 4 members (excludes halogenated alkanes) is 41. The molecule has 62 heavy (non-hydrogen) atoms. The van der Waals surface area contributed by atoms with Gasteiger partial charge >= 0.3 is 5.97 Å². The molecule has 2 atom stereocenters. The number of esters is 1. The van der Waals surface area contributed by atoms with Crippen LogP contribution in [-0.2, 0) is 14.3 Å². The fourth-order valence-corrected chi connectivity index (χ4v) is 8.75. The molecular formula is C56H109NO5. The van der Waals surface area contributed by atoms with Crippen molar-refractivity contribution < 1.29 is 24.5 Å². The van der Waals surface area contributed by atoms with E-state index < -0.39 is 12.1 Å². The second-order valence-electron chi connectivity index (χ2n) is 19.3. The average molecular weight is 876 g/mol. The van der Waals surface area contributed by atoms with Gasteiger partial charge in [0.25, 0.3) is 0 Å². The van der Waals surface area contributed by atoms with Crippen molar-refractivity contribution in [3.8, 4) is 0 Å². The summed E-state index contributed by atoms with van der Waals surface area (Å²) in [5, 5.41) is 23.1. The molecule has 0 aliphatic carbocycles. The summed E-state index contributed by atoms with van der Waals surface area (Å²) < 4.78 is 5.47. The zero-order chi connectivity index (χ0) is 45.1. The molecular weight excluding hydrogens is 767 g/mol. The minimum atomic E-state index is -0.849. The van der Waals surface area contributed by atoms with Crippen molar-refractivity contribution in [2.24, 2.45) is 0 Å². The quantitative estimate of drug-likeness (QED) is 0.0321. The summed E-state index contributed by atoms with van der Waals surface area (Å²) in [6.07, 6.45) is 60.7. The van der Waals surface area contributed by atoms with E-state index in [1.54, 1.807) is 6.08 Å². The second kappa shape index (κ2) is 52.2. The van der Waals surface area contributed by atoms with Gasteiger partial charge in [0.2, 0.25) is 5.91 Å². The van der Waals surface area contributed by atoms with Crippen molar-refractivity contribution in [3.63, 3.8) is 0 Å². The van der Waals surface area contributed by atoms with Crippen molar-refractivity contribution in [2.45, 2.75) is 321 Å². The topological polar surface area (TPSA) is 95.9 Å². The third kappa shape index (κ3) is 48.1. The van der Waals surface area contributed by atoms with Crippen molar-refractivity contribution in [1.82, 2.24) is 5.32 Å². The van der Waals surface area contributed by atoms with E-state index in [9.17, 15) is 19.8 Å². The van der Waals surface area contributed by atoms with Gasteiger partial charge in [0, 0.05) is 12.8 Å². The zero-order valence-electron chi connectivity index (χ0n) is 41.9. The van der Waals surface area contributed by atoms with Crippen LogP contribution >= 0.6 is 0 Å². The summed E-state index contributed by atoms with van der Waals surface area (Å²) in [5.41, 5.74) is 0. The fourth-order valence-electron chi connectivity index (χ4n) is 8.75. The SMILES string of the molecule is CCCCCCCCCCCCCCCC/C=C/C(O)C(CO)NC(=O)CCCCCCCCCCCCCCCCCOC(=O)CCCCCCCCCCCCCCCC. The maximum Gasteiger partial charge on any atom is 0.305 e. The lowest BCUT2D eigenvalue weighted by atomic mass is 10.0. The fraction of sp³-hybridized carbons (Fsp3) is 0.929. The Kier molecular flexibility index (Phi) is 51.0. The number of aliphatic hydroxyl groups excluding tert-OH is 2. The van der Waals surface area contributed by atoms with Crippen molar-refractivity contribution in [1.29, 1.82) is 0 Å². The van der Waals surface area contributed by atoms with Gasteiger partial charge in [-0.25, -0.2) is 0 Å². The first-order valence-electron chi connectivity index (χ1n) is 28.0. The number of hydrogen-bond acceptors (Lipinski definition) is 5. The minimum Gasteiger partial charge on any atom is -0.466 e. The predicted molar refractivity (Wildman–Crippen MR) is 269 cm³/mol. The van der Waals surface area contributed by atoms with E-state index in [1.165, 1.54) is 238 Å². The number of nitrogens with one attached hydrogen (secondary N) is 1. The molecule has 6 heteroatoms. The maximum absolute atomic E-state index is 12.4. The van der Waals surface area contributed by atoms with E-state index in [-0.39, 0.29) is 18.5 Å². The molecule has 0 radical (unpaired) electrons. The Morgan fingerprint density at radius 1 is 0.435 bits per heavy atom. The Morgan fingerprint density at radius 2 is 0.742 bits per heavy atom. The summed E-state index contributed by atoms with van der Waals surface area (Å²) in [5.74, 6) is -0.0721. The second-order valence-corrected chi connectivity index (χ2v) is 19.3. The summed E-state index contributed by atoms with van der Waals surface area (Å²) in [6, 6.07) is -0.633. The highest BCUT2D eigenvalue weighted by molar-refractivity contribution is 5.76. The van der Waals surface area contributed by atoms with Gasteiger partial charge in [-0.1, -0.05) is 276 Å². The number of hydrogen-bond donors (Lipinski definition) is 3. The maximum atomic E-state index is 12.4. The van der Waals surface area contributed by atoms with Crippen LogP contribution < -0.4 is 5.32 Å². The standard InChI is InChI=1S/C56H109NO5/c1-3-5-7-9-11-13-15-17-19-21-24-28-32-36-40-44-48-54(59)53(52-58)57-55(60)49-45-41-37-33-29-25-22-20-23-27-31-35-39-43-47-51-62-56(61)50-46-42-38-34-30-26-18-16-14-12-10-8-6-4-2/h44,48,53-54,58-59H,3-43,45-47,49-52H2,1-2H3,(H,57,60)/b48-44+. The van der Waals surface area contributed by atoms with E-state index >= 15 is 0 Å². The third-order valence-corrected chi connectivity index (χ3v) is 13.1. The number of ether oxygens (including phenoxy) is 1. The van der Waals surface area contributed by atoms with Crippen LogP contribution in [0.25, 0.3) is 0 Å². The summed E-state index contributed by atoms with van der Waals surface area (Å²) in [7, 11) is 0. The molecule has 0 bridgehead atoms. The summed E-state index contributed by atoms with van der Waals surface area (Å²) in [4.78, 5) is 24.5. The first kappa shape index (κ1) is 60.6.